The minimum atomic E-state index is 0.658. The van der Waals surface area contributed by atoms with Gasteiger partial charge in [-0.3, -0.25) is 0 Å². The number of methoxy groups -OCH3 is 1. The van der Waals surface area contributed by atoms with Crippen molar-refractivity contribution in [3.8, 4) is 17.0 Å². The van der Waals surface area contributed by atoms with Gasteiger partial charge in [-0.05, 0) is 66.4 Å². The number of hydrogen-bond acceptors (Lipinski definition) is 2. The molecule has 0 spiro atoms. The predicted molar refractivity (Wildman–Crippen MR) is 120 cm³/mol. The van der Waals surface area contributed by atoms with E-state index in [0.29, 0.717) is 16.6 Å². The highest BCUT2D eigenvalue weighted by molar-refractivity contribution is 6.40. The van der Waals surface area contributed by atoms with E-state index >= 15 is 0 Å². The third-order valence-electron chi connectivity index (χ3n) is 5.18. The van der Waals surface area contributed by atoms with Gasteiger partial charge in [-0.2, -0.15) is 0 Å². The molecule has 0 amide bonds. The van der Waals surface area contributed by atoms with E-state index in [0.717, 1.165) is 63.5 Å². The highest BCUT2D eigenvalue weighted by atomic mass is 35.5. The summed E-state index contributed by atoms with van der Waals surface area (Å²) in [5.74, 6) is 0.817. The molecule has 0 radical (unpaired) electrons. The van der Waals surface area contributed by atoms with Crippen LogP contribution in [0.5, 0.6) is 5.75 Å². The summed E-state index contributed by atoms with van der Waals surface area (Å²) < 4.78 is 5.74. The molecule has 0 aliphatic rings. The fourth-order valence-electron chi connectivity index (χ4n) is 3.80. The van der Waals surface area contributed by atoms with Crippen molar-refractivity contribution in [3.05, 3.63) is 64.1 Å². The van der Waals surface area contributed by atoms with Crippen molar-refractivity contribution in [3.63, 3.8) is 0 Å². The van der Waals surface area contributed by atoms with Gasteiger partial charge in [0.25, 0.3) is 0 Å². The zero-order valence-corrected chi connectivity index (χ0v) is 17.2. The van der Waals surface area contributed by atoms with Gasteiger partial charge in [0.15, 0.2) is 0 Å². The molecule has 0 saturated heterocycles. The maximum atomic E-state index is 6.58. The first-order valence-corrected chi connectivity index (χ1v) is 10.2. The molecule has 0 aliphatic carbocycles. The molecule has 0 aliphatic heterocycles. The van der Waals surface area contributed by atoms with Gasteiger partial charge in [-0.1, -0.05) is 47.5 Å². The van der Waals surface area contributed by atoms with Crippen molar-refractivity contribution in [2.24, 2.45) is 5.73 Å². The van der Waals surface area contributed by atoms with Crippen molar-refractivity contribution in [2.45, 2.75) is 19.3 Å². The van der Waals surface area contributed by atoms with Crippen molar-refractivity contribution >= 4 is 44.9 Å². The van der Waals surface area contributed by atoms with E-state index < -0.39 is 0 Å². The number of rotatable bonds is 6. The molecule has 5 heteroatoms. The number of nitrogens with one attached hydrogen (secondary N) is 1. The third-order valence-corrected chi connectivity index (χ3v) is 5.81. The minimum absolute atomic E-state index is 0.658. The first kappa shape index (κ1) is 19.1. The number of nitrogens with two attached hydrogens (primary N) is 1. The van der Waals surface area contributed by atoms with Gasteiger partial charge < -0.3 is 15.5 Å². The van der Waals surface area contributed by atoms with Gasteiger partial charge in [0.1, 0.15) is 5.75 Å². The van der Waals surface area contributed by atoms with Crippen LogP contribution in [0.15, 0.2) is 48.5 Å². The summed E-state index contributed by atoms with van der Waals surface area (Å²) in [5.41, 5.74) is 9.75. The lowest BCUT2D eigenvalue weighted by molar-refractivity contribution is 0.417. The van der Waals surface area contributed by atoms with E-state index in [1.54, 1.807) is 7.11 Å². The highest BCUT2D eigenvalue weighted by Gasteiger charge is 2.20. The largest absolute Gasteiger partial charge is 0.496 e. The smallest absolute Gasteiger partial charge is 0.128 e. The molecular weight excluding hydrogens is 391 g/mol. The van der Waals surface area contributed by atoms with Crippen LogP contribution >= 0.6 is 23.2 Å². The molecule has 1 aromatic heterocycles. The van der Waals surface area contributed by atoms with Gasteiger partial charge in [0.05, 0.1) is 28.4 Å². The molecule has 0 saturated carbocycles. The number of fused-ring (bicyclic) bond motifs is 2. The van der Waals surface area contributed by atoms with E-state index in [1.807, 2.05) is 24.3 Å². The van der Waals surface area contributed by atoms with Crippen LogP contribution in [0.25, 0.3) is 32.9 Å². The second-order valence-electron chi connectivity index (χ2n) is 6.90. The molecule has 4 rings (SSSR count). The number of unbranched alkanes of at least 4 members (excludes halogenated alkanes) is 1. The second kappa shape index (κ2) is 8.04. The molecule has 3 nitrogen and oxygen atoms in total. The predicted octanol–water partition coefficient (Wildman–Crippen LogP) is 6.58. The number of aromatic amines is 1. The Labute approximate surface area is 174 Å². The number of hydrogen-bond donors (Lipinski definition) is 2. The minimum Gasteiger partial charge on any atom is -0.496 e. The summed E-state index contributed by atoms with van der Waals surface area (Å²) in [6.07, 6.45) is 2.80. The first-order valence-electron chi connectivity index (χ1n) is 9.39. The molecule has 0 unspecified atom stereocenters. The standard InChI is InChI=1S/C23H22Cl2N2O/c1-28-20-13-15-7-3-2-6-14(15)12-17(20)22-16(8-4-5-11-26)21-18(24)9-10-19(25)23(21)27-22/h2-3,6-7,9-10,12-13,27H,4-5,8,11,26H2,1H3. The fourth-order valence-corrected chi connectivity index (χ4v) is 4.28. The van der Waals surface area contributed by atoms with E-state index in [1.165, 1.54) is 0 Å². The molecule has 4 aromatic rings. The lowest BCUT2D eigenvalue weighted by Crippen LogP contribution is -1.99. The van der Waals surface area contributed by atoms with Gasteiger partial charge in [0, 0.05) is 10.9 Å². The van der Waals surface area contributed by atoms with Crippen LogP contribution in [0.2, 0.25) is 10.0 Å². The summed E-state index contributed by atoms with van der Waals surface area (Å²) >= 11 is 13.1. The normalized spacial score (nSPS) is 11.4. The maximum Gasteiger partial charge on any atom is 0.128 e. The lowest BCUT2D eigenvalue weighted by Gasteiger charge is -2.12. The molecule has 0 fully saturated rings. The van der Waals surface area contributed by atoms with Crippen LogP contribution < -0.4 is 10.5 Å². The number of halogens is 2. The lowest BCUT2D eigenvalue weighted by atomic mass is 9.97. The van der Waals surface area contributed by atoms with Gasteiger partial charge in [0.2, 0.25) is 0 Å². The summed E-state index contributed by atoms with van der Waals surface area (Å²) in [6.45, 7) is 0.672. The average molecular weight is 413 g/mol. The first-order chi connectivity index (χ1) is 13.6. The van der Waals surface area contributed by atoms with E-state index in [9.17, 15) is 0 Å². The second-order valence-corrected chi connectivity index (χ2v) is 7.72. The van der Waals surface area contributed by atoms with Crippen molar-refractivity contribution in [1.82, 2.24) is 4.98 Å². The molecule has 28 heavy (non-hydrogen) atoms. The zero-order chi connectivity index (χ0) is 19.7. The van der Waals surface area contributed by atoms with E-state index in [4.69, 9.17) is 33.7 Å². The Balaban J connectivity index is 2.00. The Morgan fingerprint density at radius 3 is 2.39 bits per heavy atom. The monoisotopic (exact) mass is 412 g/mol. The quantitative estimate of drug-likeness (QED) is 0.351. The Kier molecular flexibility index (Phi) is 5.49. The van der Waals surface area contributed by atoms with Crippen molar-refractivity contribution in [1.29, 1.82) is 0 Å². The zero-order valence-electron chi connectivity index (χ0n) is 15.7. The highest BCUT2D eigenvalue weighted by Crippen LogP contribution is 2.42. The van der Waals surface area contributed by atoms with Crippen LogP contribution in [-0.2, 0) is 6.42 Å². The van der Waals surface area contributed by atoms with Crippen molar-refractivity contribution < 1.29 is 4.74 Å². The van der Waals surface area contributed by atoms with Gasteiger partial charge in [-0.25, -0.2) is 0 Å². The summed E-state index contributed by atoms with van der Waals surface area (Å²) in [6, 6.07) is 16.2. The van der Waals surface area contributed by atoms with Crippen LogP contribution in [0.4, 0.5) is 0 Å². The summed E-state index contributed by atoms with van der Waals surface area (Å²) in [5, 5.41) is 4.63. The van der Waals surface area contributed by atoms with Crippen molar-refractivity contribution in [2.75, 3.05) is 13.7 Å². The molecule has 3 aromatic carbocycles. The van der Waals surface area contributed by atoms with E-state index in [-0.39, 0.29) is 0 Å². The Hall–Kier alpha value is -2.20. The fraction of sp³-hybridized carbons (Fsp3) is 0.217. The average Bonchev–Trinajstić information content (AvgIpc) is 3.10. The number of aryl methyl sites for hydroxylation is 1. The topological polar surface area (TPSA) is 51.0 Å². The Morgan fingerprint density at radius 1 is 0.964 bits per heavy atom. The number of H-pyrrole nitrogens is 1. The molecular formula is C23H22Cl2N2O. The summed E-state index contributed by atoms with van der Waals surface area (Å²) in [4.78, 5) is 3.53. The van der Waals surface area contributed by atoms with Crippen LogP contribution in [0.3, 0.4) is 0 Å². The SMILES string of the molecule is COc1cc2ccccc2cc1-c1[nH]c2c(Cl)ccc(Cl)c2c1CCCCN. The number of benzene rings is 3. The number of ether oxygens (including phenoxy) is 1. The van der Waals surface area contributed by atoms with Crippen LogP contribution in [0, 0.1) is 0 Å². The molecule has 3 N–H and O–H groups in total. The maximum absolute atomic E-state index is 6.58. The third kappa shape index (κ3) is 3.35. The van der Waals surface area contributed by atoms with Gasteiger partial charge in [-0.15, -0.1) is 0 Å². The van der Waals surface area contributed by atoms with E-state index in [2.05, 4.69) is 29.2 Å². The molecule has 144 valence electrons. The molecule has 0 atom stereocenters. The molecule has 0 bridgehead atoms. The van der Waals surface area contributed by atoms with Crippen LogP contribution in [-0.4, -0.2) is 18.6 Å². The summed E-state index contributed by atoms with van der Waals surface area (Å²) in [7, 11) is 1.70. The Morgan fingerprint density at radius 2 is 1.68 bits per heavy atom. The number of aromatic nitrogens is 1. The molecule has 1 heterocycles. The van der Waals surface area contributed by atoms with Crippen LogP contribution in [0.1, 0.15) is 18.4 Å². The van der Waals surface area contributed by atoms with Gasteiger partial charge >= 0.3 is 0 Å². The Bertz CT molecular complexity index is 1150.